The standard InChI is InChI=1S/C10H17NO4/c11-9(8(12)13)3-1-4-10(7-9)14-5-2-6-15-10/h1-7,11H2,(H,12,13). The van der Waals surface area contributed by atoms with Crippen molar-refractivity contribution in [2.45, 2.75) is 43.4 Å². The molecule has 0 bridgehead atoms. The average molecular weight is 215 g/mol. The van der Waals surface area contributed by atoms with Crippen LogP contribution in [0.1, 0.15) is 32.1 Å². The Morgan fingerprint density at radius 3 is 2.47 bits per heavy atom. The number of hydrogen-bond donors (Lipinski definition) is 2. The van der Waals surface area contributed by atoms with Crippen molar-refractivity contribution in [3.63, 3.8) is 0 Å². The summed E-state index contributed by atoms with van der Waals surface area (Å²) in [4.78, 5) is 11.1. The van der Waals surface area contributed by atoms with Crippen LogP contribution >= 0.6 is 0 Å². The number of carboxylic acids is 1. The molecule has 3 N–H and O–H groups in total. The first kappa shape index (κ1) is 10.9. The van der Waals surface area contributed by atoms with Gasteiger partial charge in [-0.2, -0.15) is 0 Å². The minimum absolute atomic E-state index is 0.259. The smallest absolute Gasteiger partial charge is 0.323 e. The number of carboxylic acid groups (broad SMARTS) is 1. The topological polar surface area (TPSA) is 81.8 Å². The van der Waals surface area contributed by atoms with Gasteiger partial charge in [0.25, 0.3) is 0 Å². The third kappa shape index (κ3) is 2.00. The zero-order valence-corrected chi connectivity index (χ0v) is 8.70. The van der Waals surface area contributed by atoms with Gasteiger partial charge in [-0.05, 0) is 19.3 Å². The lowest BCUT2D eigenvalue weighted by atomic mass is 9.78. The third-order valence-corrected chi connectivity index (χ3v) is 3.21. The molecule has 1 saturated carbocycles. The van der Waals surface area contributed by atoms with E-state index in [-0.39, 0.29) is 6.42 Å². The molecule has 2 fully saturated rings. The van der Waals surface area contributed by atoms with Crippen LogP contribution in [0.4, 0.5) is 0 Å². The predicted molar refractivity (Wildman–Crippen MR) is 52.3 cm³/mol. The van der Waals surface area contributed by atoms with Gasteiger partial charge in [0.05, 0.1) is 13.2 Å². The fourth-order valence-electron chi connectivity index (χ4n) is 2.38. The first-order valence-corrected chi connectivity index (χ1v) is 5.37. The molecule has 15 heavy (non-hydrogen) atoms. The Hall–Kier alpha value is -0.650. The first-order chi connectivity index (χ1) is 7.06. The molecule has 86 valence electrons. The van der Waals surface area contributed by atoms with Crippen LogP contribution in [-0.4, -0.2) is 35.6 Å². The Bertz CT molecular complexity index is 257. The maximum Gasteiger partial charge on any atom is 0.323 e. The van der Waals surface area contributed by atoms with E-state index in [1.165, 1.54) is 0 Å². The second kappa shape index (κ2) is 3.73. The van der Waals surface area contributed by atoms with Crippen LogP contribution in [0.3, 0.4) is 0 Å². The van der Waals surface area contributed by atoms with Gasteiger partial charge in [-0.15, -0.1) is 0 Å². The molecule has 2 aliphatic rings. The molecular weight excluding hydrogens is 198 g/mol. The molecule has 1 aliphatic carbocycles. The van der Waals surface area contributed by atoms with Gasteiger partial charge in [-0.3, -0.25) is 4.79 Å². The molecule has 0 radical (unpaired) electrons. The van der Waals surface area contributed by atoms with Gasteiger partial charge in [0.15, 0.2) is 5.79 Å². The van der Waals surface area contributed by atoms with E-state index in [0.29, 0.717) is 19.6 Å². The van der Waals surface area contributed by atoms with Crippen molar-refractivity contribution in [2.75, 3.05) is 13.2 Å². The van der Waals surface area contributed by atoms with E-state index in [9.17, 15) is 4.79 Å². The molecule has 1 saturated heterocycles. The van der Waals surface area contributed by atoms with Crippen LogP contribution in [-0.2, 0) is 14.3 Å². The van der Waals surface area contributed by atoms with Crippen molar-refractivity contribution >= 4 is 5.97 Å². The largest absolute Gasteiger partial charge is 0.480 e. The Kier molecular flexibility index (Phi) is 2.70. The van der Waals surface area contributed by atoms with Crippen molar-refractivity contribution in [3.8, 4) is 0 Å². The number of nitrogens with two attached hydrogens (primary N) is 1. The number of hydrogen-bond acceptors (Lipinski definition) is 4. The lowest BCUT2D eigenvalue weighted by Gasteiger charge is -2.45. The summed E-state index contributed by atoms with van der Waals surface area (Å²) in [5, 5.41) is 9.08. The number of aliphatic carboxylic acids is 1. The van der Waals surface area contributed by atoms with E-state index in [1.54, 1.807) is 0 Å². The normalized spacial score (nSPS) is 35.3. The van der Waals surface area contributed by atoms with Gasteiger partial charge in [0.1, 0.15) is 5.54 Å². The number of rotatable bonds is 1. The van der Waals surface area contributed by atoms with Crippen molar-refractivity contribution in [3.05, 3.63) is 0 Å². The van der Waals surface area contributed by atoms with Crippen molar-refractivity contribution in [1.82, 2.24) is 0 Å². The summed E-state index contributed by atoms with van der Waals surface area (Å²) in [6, 6.07) is 0. The molecule has 1 atom stereocenters. The number of carbonyl (C=O) groups is 1. The van der Waals surface area contributed by atoms with Gasteiger partial charge >= 0.3 is 5.97 Å². The van der Waals surface area contributed by atoms with Gasteiger partial charge in [-0.25, -0.2) is 0 Å². The Labute approximate surface area is 88.5 Å². The molecule has 1 spiro atoms. The first-order valence-electron chi connectivity index (χ1n) is 5.37. The Morgan fingerprint density at radius 1 is 1.20 bits per heavy atom. The van der Waals surface area contributed by atoms with E-state index in [4.69, 9.17) is 20.3 Å². The van der Waals surface area contributed by atoms with E-state index in [0.717, 1.165) is 19.3 Å². The zero-order valence-electron chi connectivity index (χ0n) is 8.70. The summed E-state index contributed by atoms with van der Waals surface area (Å²) < 4.78 is 11.2. The van der Waals surface area contributed by atoms with Crippen LogP contribution in [0.25, 0.3) is 0 Å². The van der Waals surface area contributed by atoms with Crippen molar-refractivity contribution in [2.24, 2.45) is 5.73 Å². The maximum absolute atomic E-state index is 11.1. The highest BCUT2D eigenvalue weighted by molar-refractivity contribution is 5.78. The monoisotopic (exact) mass is 215 g/mol. The van der Waals surface area contributed by atoms with Crippen molar-refractivity contribution < 1.29 is 19.4 Å². The second-order valence-electron chi connectivity index (χ2n) is 4.45. The van der Waals surface area contributed by atoms with Crippen molar-refractivity contribution in [1.29, 1.82) is 0 Å². The Balaban J connectivity index is 2.11. The van der Waals surface area contributed by atoms with E-state index in [2.05, 4.69) is 0 Å². The summed E-state index contributed by atoms with van der Waals surface area (Å²) in [7, 11) is 0. The van der Waals surface area contributed by atoms with Crippen LogP contribution in [0.2, 0.25) is 0 Å². The highest BCUT2D eigenvalue weighted by atomic mass is 16.7. The minimum atomic E-state index is -1.18. The number of ether oxygens (including phenoxy) is 2. The zero-order chi connectivity index (χ0) is 10.9. The highest BCUT2D eigenvalue weighted by Crippen LogP contribution is 2.39. The summed E-state index contributed by atoms with van der Waals surface area (Å²) in [5.74, 6) is -1.69. The fraction of sp³-hybridized carbons (Fsp3) is 0.900. The third-order valence-electron chi connectivity index (χ3n) is 3.21. The molecule has 1 aliphatic heterocycles. The lowest BCUT2D eigenvalue weighted by Crippen LogP contribution is -2.59. The molecule has 1 heterocycles. The van der Waals surface area contributed by atoms with Gasteiger partial charge in [0.2, 0.25) is 0 Å². The van der Waals surface area contributed by atoms with Crippen LogP contribution in [0.15, 0.2) is 0 Å². The van der Waals surface area contributed by atoms with E-state index >= 15 is 0 Å². The minimum Gasteiger partial charge on any atom is -0.480 e. The Morgan fingerprint density at radius 2 is 1.87 bits per heavy atom. The molecule has 5 nitrogen and oxygen atoms in total. The summed E-state index contributed by atoms with van der Waals surface area (Å²) in [6.07, 6.45) is 3.11. The average Bonchev–Trinajstić information content (AvgIpc) is 2.18. The van der Waals surface area contributed by atoms with Crippen LogP contribution in [0.5, 0.6) is 0 Å². The van der Waals surface area contributed by atoms with Crippen LogP contribution in [0, 0.1) is 0 Å². The molecular formula is C10H17NO4. The predicted octanol–water partition coefficient (Wildman–Crippen LogP) is 0.476. The summed E-state index contributed by atoms with van der Waals surface area (Å²) in [6.45, 7) is 1.27. The fourth-order valence-corrected chi connectivity index (χ4v) is 2.38. The highest BCUT2D eigenvalue weighted by Gasteiger charge is 2.49. The molecule has 5 heteroatoms. The molecule has 0 aromatic carbocycles. The molecule has 0 amide bonds. The molecule has 0 aromatic heterocycles. The summed E-state index contributed by atoms with van der Waals surface area (Å²) in [5.41, 5.74) is 4.66. The van der Waals surface area contributed by atoms with Crippen LogP contribution < -0.4 is 5.73 Å². The molecule has 0 aromatic rings. The summed E-state index contributed by atoms with van der Waals surface area (Å²) >= 11 is 0. The molecule has 2 rings (SSSR count). The molecule has 1 unspecified atom stereocenters. The maximum atomic E-state index is 11.1. The van der Waals surface area contributed by atoms with Gasteiger partial charge in [-0.1, -0.05) is 0 Å². The quantitative estimate of drug-likeness (QED) is 0.664. The van der Waals surface area contributed by atoms with Gasteiger partial charge < -0.3 is 20.3 Å². The van der Waals surface area contributed by atoms with E-state index in [1.807, 2.05) is 0 Å². The lowest BCUT2D eigenvalue weighted by molar-refractivity contribution is -0.287. The second-order valence-corrected chi connectivity index (χ2v) is 4.45. The SMILES string of the molecule is NC1(C(=O)O)CCCC2(C1)OCCCO2. The van der Waals surface area contributed by atoms with E-state index < -0.39 is 17.3 Å². The van der Waals surface area contributed by atoms with Gasteiger partial charge in [0, 0.05) is 12.8 Å².